The van der Waals surface area contributed by atoms with Gasteiger partial charge in [-0.3, -0.25) is 0 Å². The van der Waals surface area contributed by atoms with E-state index in [0.29, 0.717) is 11.6 Å². The first-order valence-corrected chi connectivity index (χ1v) is 5.66. The van der Waals surface area contributed by atoms with Crippen LogP contribution in [-0.4, -0.2) is 24.1 Å². The predicted octanol–water partition coefficient (Wildman–Crippen LogP) is 3.22. The predicted molar refractivity (Wildman–Crippen MR) is 75.1 cm³/mol. The fourth-order valence-corrected chi connectivity index (χ4v) is 1.34. The summed E-state index contributed by atoms with van der Waals surface area (Å²) in [7, 11) is 3.38. The van der Waals surface area contributed by atoms with Gasteiger partial charge in [-0.05, 0) is 24.6 Å². The van der Waals surface area contributed by atoms with Crippen molar-refractivity contribution in [2.45, 2.75) is 6.92 Å². The second-order valence-electron chi connectivity index (χ2n) is 3.76. The van der Waals surface area contributed by atoms with Crippen molar-refractivity contribution in [1.29, 1.82) is 0 Å². The second kappa shape index (κ2) is 6.21. The van der Waals surface area contributed by atoms with Crippen LogP contribution in [0.25, 0.3) is 0 Å². The molecule has 1 aromatic rings. The van der Waals surface area contributed by atoms with E-state index in [2.05, 4.69) is 23.1 Å². The molecule has 0 amide bonds. The van der Waals surface area contributed by atoms with Crippen LogP contribution in [0.15, 0.2) is 42.8 Å². The van der Waals surface area contributed by atoms with Gasteiger partial charge in [0, 0.05) is 12.7 Å². The van der Waals surface area contributed by atoms with Gasteiger partial charge >= 0.3 is 0 Å². The lowest BCUT2D eigenvalue weighted by Gasteiger charge is -2.20. The van der Waals surface area contributed by atoms with Crippen LogP contribution in [0.4, 0.5) is 5.82 Å². The van der Waals surface area contributed by atoms with Crippen molar-refractivity contribution in [2.24, 2.45) is 0 Å². The minimum Gasteiger partial charge on any atom is -0.491 e. The Hall–Kier alpha value is -1.81. The van der Waals surface area contributed by atoms with Gasteiger partial charge in [0.2, 0.25) is 5.28 Å². The third kappa shape index (κ3) is 3.60. The number of likely N-dealkylation sites (N-methyl/N-ethyl adjacent to an activating group) is 1. The largest absolute Gasteiger partial charge is 0.491 e. The highest BCUT2D eigenvalue weighted by Crippen LogP contribution is 2.27. The molecule has 1 rings (SSSR count). The Balaban J connectivity index is 3.02. The molecular weight excluding hydrogens is 250 g/mol. The molecule has 0 atom stereocenters. The van der Waals surface area contributed by atoms with Crippen molar-refractivity contribution in [3.05, 3.63) is 48.1 Å². The van der Waals surface area contributed by atoms with Crippen LogP contribution in [0.5, 0.6) is 5.75 Å². The minimum atomic E-state index is 0.161. The van der Waals surface area contributed by atoms with Crippen LogP contribution in [-0.2, 0) is 0 Å². The van der Waals surface area contributed by atoms with Crippen molar-refractivity contribution in [3.8, 4) is 5.75 Å². The third-order valence-corrected chi connectivity index (χ3v) is 2.42. The summed E-state index contributed by atoms with van der Waals surface area (Å²) in [5.41, 5.74) is 1.68. The van der Waals surface area contributed by atoms with Crippen LogP contribution in [0, 0.1) is 0 Å². The average molecular weight is 266 g/mol. The molecule has 96 valence electrons. The summed E-state index contributed by atoms with van der Waals surface area (Å²) in [4.78, 5) is 9.77. The molecule has 0 saturated heterocycles. The molecule has 0 fully saturated rings. The van der Waals surface area contributed by atoms with Crippen LogP contribution >= 0.6 is 11.6 Å². The SMILES string of the molecule is C=C(C)/C=C\C(=C)N(C)c1nc(Cl)ncc1OC. The summed E-state index contributed by atoms with van der Waals surface area (Å²) in [5, 5.41) is 0.161. The Morgan fingerprint density at radius 1 is 1.44 bits per heavy atom. The molecule has 0 aliphatic rings. The molecule has 0 bridgehead atoms. The Morgan fingerprint density at radius 3 is 2.67 bits per heavy atom. The number of ether oxygens (including phenoxy) is 1. The molecule has 0 aromatic carbocycles. The third-order valence-electron chi connectivity index (χ3n) is 2.24. The minimum absolute atomic E-state index is 0.161. The van der Waals surface area contributed by atoms with Crippen molar-refractivity contribution >= 4 is 17.4 Å². The molecule has 0 unspecified atom stereocenters. The van der Waals surface area contributed by atoms with E-state index in [4.69, 9.17) is 16.3 Å². The van der Waals surface area contributed by atoms with E-state index >= 15 is 0 Å². The van der Waals surface area contributed by atoms with Crippen LogP contribution in [0.3, 0.4) is 0 Å². The smallest absolute Gasteiger partial charge is 0.224 e. The lowest BCUT2D eigenvalue weighted by atomic mass is 10.3. The lowest BCUT2D eigenvalue weighted by molar-refractivity contribution is 0.411. The Kier molecular flexibility index (Phi) is 4.92. The zero-order chi connectivity index (χ0) is 13.7. The number of halogens is 1. The second-order valence-corrected chi connectivity index (χ2v) is 4.10. The zero-order valence-corrected chi connectivity index (χ0v) is 11.5. The normalized spacial score (nSPS) is 10.4. The van der Waals surface area contributed by atoms with Crippen LogP contribution < -0.4 is 9.64 Å². The van der Waals surface area contributed by atoms with Gasteiger partial charge in [0.1, 0.15) is 0 Å². The first-order chi connectivity index (χ1) is 8.45. The molecular formula is C13H16ClN3O. The molecule has 4 nitrogen and oxygen atoms in total. The summed E-state index contributed by atoms with van der Waals surface area (Å²) >= 11 is 5.78. The maximum absolute atomic E-state index is 5.78. The number of aromatic nitrogens is 2. The highest BCUT2D eigenvalue weighted by atomic mass is 35.5. The Bertz CT molecular complexity index is 497. The van der Waals surface area contributed by atoms with E-state index in [1.165, 1.54) is 6.20 Å². The highest BCUT2D eigenvalue weighted by Gasteiger charge is 2.12. The standard InChI is InChI=1S/C13H16ClN3O/c1-9(2)6-7-10(3)17(4)12-11(18-5)8-15-13(14)16-12/h6-8H,1,3H2,2,4-5H3/b7-6-. The van der Waals surface area contributed by atoms with E-state index in [1.54, 1.807) is 12.0 Å². The first-order valence-electron chi connectivity index (χ1n) is 5.28. The molecule has 0 radical (unpaired) electrons. The summed E-state index contributed by atoms with van der Waals surface area (Å²) in [5.74, 6) is 1.10. The number of anilines is 1. The monoisotopic (exact) mass is 265 g/mol. The summed E-state index contributed by atoms with van der Waals surface area (Å²) < 4.78 is 5.19. The number of methoxy groups -OCH3 is 1. The highest BCUT2D eigenvalue weighted by molar-refractivity contribution is 6.28. The number of rotatable bonds is 5. The van der Waals surface area contributed by atoms with Gasteiger partial charge in [-0.2, -0.15) is 4.98 Å². The lowest BCUT2D eigenvalue weighted by Crippen LogP contribution is -2.17. The molecule has 0 N–H and O–H groups in total. The van der Waals surface area contributed by atoms with Crippen molar-refractivity contribution in [2.75, 3.05) is 19.1 Å². The number of hydrogen-bond donors (Lipinski definition) is 0. The van der Waals surface area contributed by atoms with E-state index in [9.17, 15) is 0 Å². The van der Waals surface area contributed by atoms with Crippen molar-refractivity contribution in [1.82, 2.24) is 9.97 Å². The summed E-state index contributed by atoms with van der Waals surface area (Å²) in [6, 6.07) is 0. The maximum Gasteiger partial charge on any atom is 0.224 e. The fraction of sp³-hybridized carbons (Fsp3) is 0.231. The van der Waals surface area contributed by atoms with Gasteiger partial charge in [0.05, 0.1) is 13.3 Å². The van der Waals surface area contributed by atoms with Gasteiger partial charge in [-0.15, -0.1) is 0 Å². The van der Waals surface area contributed by atoms with Gasteiger partial charge in [0.15, 0.2) is 11.6 Å². The van der Waals surface area contributed by atoms with E-state index in [0.717, 1.165) is 11.3 Å². The molecule has 0 saturated carbocycles. The Morgan fingerprint density at radius 2 is 2.11 bits per heavy atom. The summed E-state index contributed by atoms with van der Waals surface area (Å²) in [6.45, 7) is 9.64. The maximum atomic E-state index is 5.78. The van der Waals surface area contributed by atoms with E-state index in [-0.39, 0.29) is 5.28 Å². The van der Waals surface area contributed by atoms with Crippen LogP contribution in [0.2, 0.25) is 5.28 Å². The van der Waals surface area contributed by atoms with E-state index in [1.807, 2.05) is 26.1 Å². The number of allylic oxidation sites excluding steroid dienone is 3. The summed E-state index contributed by atoms with van der Waals surface area (Å²) in [6.07, 6.45) is 5.24. The molecule has 1 heterocycles. The molecule has 1 aromatic heterocycles. The molecule has 0 spiro atoms. The van der Waals surface area contributed by atoms with Gasteiger partial charge in [-0.1, -0.05) is 24.8 Å². The first kappa shape index (κ1) is 14.3. The zero-order valence-electron chi connectivity index (χ0n) is 10.8. The fourth-order valence-electron chi connectivity index (χ4n) is 1.21. The van der Waals surface area contributed by atoms with Gasteiger partial charge < -0.3 is 9.64 Å². The number of hydrogen-bond acceptors (Lipinski definition) is 4. The molecule has 5 heteroatoms. The van der Waals surface area contributed by atoms with E-state index < -0.39 is 0 Å². The van der Waals surface area contributed by atoms with Crippen molar-refractivity contribution in [3.63, 3.8) is 0 Å². The number of nitrogens with zero attached hydrogens (tertiary/aromatic N) is 3. The average Bonchev–Trinajstić information content (AvgIpc) is 2.34. The van der Waals surface area contributed by atoms with Crippen molar-refractivity contribution < 1.29 is 4.74 Å². The Labute approximate surface area is 112 Å². The van der Waals surface area contributed by atoms with Gasteiger partial charge in [0.25, 0.3) is 0 Å². The molecule has 0 aliphatic carbocycles. The molecule has 18 heavy (non-hydrogen) atoms. The van der Waals surface area contributed by atoms with Gasteiger partial charge in [-0.25, -0.2) is 4.98 Å². The molecule has 0 aliphatic heterocycles. The quantitative estimate of drug-likeness (QED) is 0.605. The topological polar surface area (TPSA) is 38.2 Å². The van der Waals surface area contributed by atoms with Crippen LogP contribution in [0.1, 0.15) is 6.92 Å².